The van der Waals surface area contributed by atoms with Gasteiger partial charge in [-0.3, -0.25) is 4.79 Å². The minimum Gasteiger partial charge on any atom is -0.443 e. The largest absolute Gasteiger partial charge is 0.443 e. The molecule has 2 fully saturated rings. The molecule has 0 aliphatic carbocycles. The first-order valence-corrected chi connectivity index (χ1v) is 11.7. The number of hydrogen-bond acceptors (Lipinski definition) is 8. The minimum absolute atomic E-state index is 0.128. The summed E-state index contributed by atoms with van der Waals surface area (Å²) >= 11 is 1.45. The van der Waals surface area contributed by atoms with Gasteiger partial charge in [0.15, 0.2) is 16.9 Å². The zero-order valence-electron chi connectivity index (χ0n) is 18.5. The Hall–Kier alpha value is -3.45. The summed E-state index contributed by atoms with van der Waals surface area (Å²) in [4.78, 5) is 37.9. The predicted molar refractivity (Wildman–Crippen MR) is 126 cm³/mol. The molecular formula is C21H26FN7O4S. The summed E-state index contributed by atoms with van der Waals surface area (Å²) in [6.07, 6.45) is -0.990. The molecule has 2 aromatic rings. The van der Waals surface area contributed by atoms with Crippen LogP contribution in [0.2, 0.25) is 0 Å². The van der Waals surface area contributed by atoms with Gasteiger partial charge in [0.2, 0.25) is 0 Å². The van der Waals surface area contributed by atoms with E-state index in [-0.39, 0.29) is 18.1 Å². The van der Waals surface area contributed by atoms with Crippen molar-refractivity contribution in [2.75, 3.05) is 62.3 Å². The van der Waals surface area contributed by atoms with Crippen LogP contribution in [-0.2, 0) is 16.1 Å². The molecule has 1 aromatic carbocycles. The number of carbonyl (C=O) groups is 2. The number of aliphatic imine (C=N–C) groups is 1. The minimum atomic E-state index is -0.990. The second kappa shape index (κ2) is 10.7. The molecule has 0 radical (unpaired) electrons. The van der Waals surface area contributed by atoms with Crippen molar-refractivity contribution in [3.8, 4) is 0 Å². The molecule has 0 saturated carbocycles. The molecule has 13 heteroatoms. The van der Waals surface area contributed by atoms with Crippen LogP contribution in [0.25, 0.3) is 0 Å². The van der Waals surface area contributed by atoms with Crippen molar-refractivity contribution in [1.82, 2.24) is 9.88 Å². The Bertz CT molecular complexity index is 1060. The Balaban J connectivity index is 1.34. The lowest BCUT2D eigenvalue weighted by molar-refractivity contribution is 0.0741. The Morgan fingerprint density at radius 3 is 2.56 bits per heavy atom. The zero-order valence-corrected chi connectivity index (χ0v) is 19.3. The molecule has 3 heterocycles. The monoisotopic (exact) mass is 491 g/mol. The third kappa shape index (κ3) is 5.54. The molecule has 182 valence electrons. The first-order valence-electron chi connectivity index (χ1n) is 10.8. The average molecular weight is 492 g/mol. The lowest BCUT2D eigenvalue weighted by Gasteiger charge is -2.36. The molecular weight excluding hydrogens is 465 g/mol. The SMILES string of the molecule is NC(N)=NC(=O)OCc1cccc(N2CCN(C(=O)c3csc(N4CCOCC4)n3)CC2)c1F. The smallest absolute Gasteiger partial charge is 0.437 e. The van der Waals surface area contributed by atoms with E-state index < -0.39 is 17.9 Å². The summed E-state index contributed by atoms with van der Waals surface area (Å²) < 4.78 is 25.3. The fourth-order valence-electron chi connectivity index (χ4n) is 3.77. The van der Waals surface area contributed by atoms with Crippen molar-refractivity contribution in [3.05, 3.63) is 40.7 Å². The number of guanidine groups is 1. The van der Waals surface area contributed by atoms with Gasteiger partial charge in [-0.15, -0.1) is 16.3 Å². The maximum Gasteiger partial charge on any atom is 0.437 e. The van der Waals surface area contributed by atoms with E-state index in [1.54, 1.807) is 22.4 Å². The number of nitrogens with two attached hydrogens (primary N) is 2. The van der Waals surface area contributed by atoms with Crippen molar-refractivity contribution in [2.24, 2.45) is 16.5 Å². The van der Waals surface area contributed by atoms with Gasteiger partial charge in [0.25, 0.3) is 5.91 Å². The molecule has 2 aliphatic rings. The third-order valence-electron chi connectivity index (χ3n) is 5.53. The van der Waals surface area contributed by atoms with Gasteiger partial charge >= 0.3 is 6.09 Å². The van der Waals surface area contributed by atoms with Crippen molar-refractivity contribution >= 4 is 40.1 Å². The maximum atomic E-state index is 15.0. The summed E-state index contributed by atoms with van der Waals surface area (Å²) in [6, 6.07) is 4.86. The van der Waals surface area contributed by atoms with E-state index in [4.69, 9.17) is 20.9 Å². The van der Waals surface area contributed by atoms with Gasteiger partial charge < -0.3 is 35.6 Å². The first kappa shape index (κ1) is 23.7. The molecule has 4 N–H and O–H groups in total. The Labute approximate surface area is 199 Å². The summed E-state index contributed by atoms with van der Waals surface area (Å²) in [5.74, 6) is -1.05. The van der Waals surface area contributed by atoms with Crippen molar-refractivity contribution in [1.29, 1.82) is 0 Å². The number of nitrogens with zero attached hydrogens (tertiary/aromatic N) is 5. The molecule has 2 aliphatic heterocycles. The number of thiazole rings is 1. The van der Waals surface area contributed by atoms with E-state index in [9.17, 15) is 9.59 Å². The van der Waals surface area contributed by atoms with Gasteiger partial charge in [0, 0.05) is 50.2 Å². The van der Waals surface area contributed by atoms with Crippen molar-refractivity contribution in [2.45, 2.75) is 6.61 Å². The standard InChI is InChI=1S/C21H26FN7O4S/c22-17-14(12-33-21(31)26-19(23)24)2-1-3-16(17)27-4-6-28(7-5-27)18(30)15-13-34-20(25-15)29-8-10-32-11-9-29/h1-3,13H,4-12H2,(H4,23,24,26,31). The highest BCUT2D eigenvalue weighted by Gasteiger charge is 2.26. The van der Waals surface area contributed by atoms with Crippen LogP contribution in [0, 0.1) is 5.82 Å². The molecule has 0 spiro atoms. The van der Waals surface area contributed by atoms with E-state index in [2.05, 4.69) is 14.9 Å². The van der Waals surface area contributed by atoms with Gasteiger partial charge in [-0.25, -0.2) is 14.2 Å². The van der Waals surface area contributed by atoms with Crippen LogP contribution in [0.15, 0.2) is 28.6 Å². The number of halogens is 1. The third-order valence-corrected chi connectivity index (χ3v) is 6.43. The summed E-state index contributed by atoms with van der Waals surface area (Å²) in [7, 11) is 0. The number of aromatic nitrogens is 1. The lowest BCUT2D eigenvalue weighted by Crippen LogP contribution is -2.49. The summed E-state index contributed by atoms with van der Waals surface area (Å²) in [5, 5.41) is 2.61. The number of amides is 2. The highest BCUT2D eigenvalue weighted by molar-refractivity contribution is 7.13. The van der Waals surface area contributed by atoms with Gasteiger partial charge in [-0.1, -0.05) is 12.1 Å². The van der Waals surface area contributed by atoms with Gasteiger partial charge in [-0.05, 0) is 6.07 Å². The molecule has 0 bridgehead atoms. The highest BCUT2D eigenvalue weighted by atomic mass is 32.1. The fraction of sp³-hybridized carbons (Fsp3) is 0.429. The topological polar surface area (TPSA) is 140 Å². The second-order valence-electron chi connectivity index (χ2n) is 7.74. The summed E-state index contributed by atoms with van der Waals surface area (Å²) in [5.41, 5.74) is 11.3. The van der Waals surface area contributed by atoms with Crippen LogP contribution < -0.4 is 21.3 Å². The van der Waals surface area contributed by atoms with Crippen LogP contribution in [0.3, 0.4) is 0 Å². The van der Waals surface area contributed by atoms with Crippen LogP contribution in [0.4, 0.5) is 20.0 Å². The van der Waals surface area contributed by atoms with E-state index in [0.717, 1.165) is 18.2 Å². The molecule has 4 rings (SSSR count). The number of rotatable bonds is 5. The second-order valence-corrected chi connectivity index (χ2v) is 8.57. The van der Waals surface area contributed by atoms with Gasteiger partial charge in [-0.2, -0.15) is 0 Å². The zero-order chi connectivity index (χ0) is 24.1. The Morgan fingerprint density at radius 1 is 1.12 bits per heavy atom. The Kier molecular flexibility index (Phi) is 7.43. The van der Waals surface area contributed by atoms with Gasteiger partial charge in [0.1, 0.15) is 12.3 Å². The molecule has 34 heavy (non-hydrogen) atoms. The number of carbonyl (C=O) groups excluding carboxylic acids is 2. The number of anilines is 2. The number of piperazine rings is 1. The highest BCUT2D eigenvalue weighted by Crippen LogP contribution is 2.26. The molecule has 0 atom stereocenters. The van der Waals surface area contributed by atoms with Crippen LogP contribution in [0.1, 0.15) is 16.1 Å². The van der Waals surface area contributed by atoms with Crippen molar-refractivity contribution < 1.29 is 23.5 Å². The van der Waals surface area contributed by atoms with E-state index in [0.29, 0.717) is 50.8 Å². The van der Waals surface area contributed by atoms with Crippen molar-refractivity contribution in [3.63, 3.8) is 0 Å². The van der Waals surface area contributed by atoms with Gasteiger partial charge in [0.05, 0.1) is 18.9 Å². The number of benzene rings is 1. The van der Waals surface area contributed by atoms with E-state index in [1.165, 1.54) is 17.4 Å². The average Bonchev–Trinajstić information content (AvgIpc) is 3.34. The molecule has 11 nitrogen and oxygen atoms in total. The first-order chi connectivity index (χ1) is 16.4. The molecule has 0 unspecified atom stereocenters. The normalized spacial score (nSPS) is 16.3. The molecule has 2 saturated heterocycles. The fourth-order valence-corrected chi connectivity index (χ4v) is 4.63. The number of hydrogen-bond donors (Lipinski definition) is 2. The van der Waals surface area contributed by atoms with Crippen LogP contribution >= 0.6 is 11.3 Å². The molecule has 1 aromatic heterocycles. The lowest BCUT2D eigenvalue weighted by atomic mass is 10.1. The van der Waals surface area contributed by atoms with E-state index >= 15 is 4.39 Å². The molecule has 2 amide bonds. The number of ether oxygens (including phenoxy) is 2. The number of morpholine rings is 1. The quantitative estimate of drug-likeness (QED) is 0.463. The maximum absolute atomic E-state index is 15.0. The predicted octanol–water partition coefficient (Wildman–Crippen LogP) is 0.991. The van der Waals surface area contributed by atoms with Crippen LogP contribution in [-0.4, -0.2) is 80.3 Å². The van der Waals surface area contributed by atoms with E-state index in [1.807, 2.05) is 4.90 Å². The Morgan fingerprint density at radius 2 is 1.85 bits per heavy atom. The summed E-state index contributed by atoms with van der Waals surface area (Å²) in [6.45, 7) is 4.32. The van der Waals surface area contributed by atoms with Crippen LogP contribution in [0.5, 0.6) is 0 Å².